The molecule has 1 atom stereocenters. The van der Waals surface area contributed by atoms with Crippen molar-refractivity contribution in [3.8, 4) is 0 Å². The fourth-order valence-electron chi connectivity index (χ4n) is 3.90. The summed E-state index contributed by atoms with van der Waals surface area (Å²) in [4.78, 5) is 21.4. The second kappa shape index (κ2) is 22.6. The van der Waals surface area contributed by atoms with Crippen molar-refractivity contribution in [1.29, 1.82) is 0 Å². The Morgan fingerprint density at radius 2 is 1.06 bits per heavy atom. The van der Waals surface area contributed by atoms with E-state index in [1.165, 1.54) is 77.0 Å². The zero-order chi connectivity index (χ0) is 23.9. The molecule has 0 aliphatic rings. The molecule has 6 heteroatoms. The fourth-order valence-corrected chi connectivity index (χ4v) is 4.85. The molecule has 0 bridgehead atoms. The van der Waals surface area contributed by atoms with Crippen LogP contribution < -0.4 is 0 Å². The molecule has 0 aromatic carbocycles. The Hall–Kier alpha value is -0.220. The summed E-state index contributed by atoms with van der Waals surface area (Å²) in [5.41, 5.74) is 0. The average molecular weight is 477 g/mol. The van der Waals surface area contributed by atoms with Gasteiger partial charge in [-0.25, -0.2) is 4.57 Å². The van der Waals surface area contributed by atoms with Crippen LogP contribution in [-0.2, 0) is 18.4 Å². The van der Waals surface area contributed by atoms with Gasteiger partial charge in [-0.2, -0.15) is 0 Å². The van der Waals surface area contributed by atoms with Gasteiger partial charge in [0.15, 0.2) is 0 Å². The number of phosphoric ester groups is 1. The van der Waals surface area contributed by atoms with E-state index >= 15 is 0 Å². The van der Waals surface area contributed by atoms with Crippen LogP contribution in [0.4, 0.5) is 0 Å². The van der Waals surface area contributed by atoms with Crippen LogP contribution in [0.15, 0.2) is 0 Å². The van der Waals surface area contributed by atoms with Crippen molar-refractivity contribution in [1.82, 2.24) is 0 Å². The van der Waals surface area contributed by atoms with Gasteiger partial charge in [-0.3, -0.25) is 13.8 Å². The van der Waals surface area contributed by atoms with Gasteiger partial charge in [0, 0.05) is 12.8 Å². The topological polar surface area (TPSA) is 72.8 Å². The van der Waals surface area contributed by atoms with Crippen molar-refractivity contribution in [2.75, 3.05) is 6.61 Å². The molecule has 0 spiro atoms. The number of carbonyl (C=O) groups excluding carboxylic acids is 1. The Morgan fingerprint density at radius 3 is 1.47 bits per heavy atom. The van der Waals surface area contributed by atoms with E-state index < -0.39 is 7.82 Å². The van der Waals surface area contributed by atoms with Crippen LogP contribution in [0.2, 0.25) is 0 Å². The van der Waals surface area contributed by atoms with Crippen molar-refractivity contribution in [2.24, 2.45) is 0 Å². The van der Waals surface area contributed by atoms with Crippen LogP contribution in [0.5, 0.6) is 0 Å². The molecule has 0 heterocycles. The molecule has 0 aromatic heterocycles. The largest absolute Gasteiger partial charge is 0.472 e. The van der Waals surface area contributed by atoms with Crippen molar-refractivity contribution in [2.45, 2.75) is 155 Å². The van der Waals surface area contributed by atoms with Gasteiger partial charge in [0.25, 0.3) is 0 Å². The van der Waals surface area contributed by atoms with Crippen LogP contribution >= 0.6 is 7.82 Å². The molecule has 0 saturated carbocycles. The molecule has 1 N–H and O–H groups in total. The summed E-state index contributed by atoms with van der Waals surface area (Å²) >= 11 is 0. The van der Waals surface area contributed by atoms with E-state index in [0.717, 1.165) is 44.9 Å². The maximum Gasteiger partial charge on any atom is 0.472 e. The highest BCUT2D eigenvalue weighted by Crippen LogP contribution is 2.44. The SMILES string of the molecule is CCCCCCCCCCCCCCCC(=O)CCCCCCCOP(=O)(O)OC(C)C. The van der Waals surface area contributed by atoms with Gasteiger partial charge in [0.2, 0.25) is 0 Å². The maximum absolute atomic E-state index is 12.0. The van der Waals surface area contributed by atoms with E-state index in [2.05, 4.69) is 6.92 Å². The summed E-state index contributed by atoms with van der Waals surface area (Å²) in [6.45, 7) is 5.90. The minimum Gasteiger partial charge on any atom is -0.302 e. The second-order valence-corrected chi connectivity index (χ2v) is 10.9. The summed E-state index contributed by atoms with van der Waals surface area (Å²) in [6, 6.07) is 0. The van der Waals surface area contributed by atoms with Gasteiger partial charge in [0.1, 0.15) is 5.78 Å². The Balaban J connectivity index is 3.30. The lowest BCUT2D eigenvalue weighted by Crippen LogP contribution is -2.03. The van der Waals surface area contributed by atoms with Gasteiger partial charge >= 0.3 is 7.82 Å². The molecular formula is C26H53O5P. The molecule has 0 amide bonds. The molecule has 1 unspecified atom stereocenters. The lowest BCUT2D eigenvalue weighted by molar-refractivity contribution is -0.119. The predicted octanol–water partition coefficient (Wildman–Crippen LogP) is 8.92. The lowest BCUT2D eigenvalue weighted by atomic mass is 10.0. The highest BCUT2D eigenvalue weighted by Gasteiger charge is 2.21. The zero-order valence-corrected chi connectivity index (χ0v) is 22.3. The molecule has 0 aliphatic heterocycles. The van der Waals surface area contributed by atoms with E-state index in [9.17, 15) is 14.3 Å². The third-order valence-electron chi connectivity index (χ3n) is 5.76. The van der Waals surface area contributed by atoms with E-state index in [-0.39, 0.29) is 12.7 Å². The van der Waals surface area contributed by atoms with Crippen molar-refractivity contribution < 1.29 is 23.3 Å². The fraction of sp³-hybridized carbons (Fsp3) is 0.962. The standard InChI is InChI=1S/C26H53O5P/c1-4-5-6-7-8-9-10-11-12-13-14-16-19-22-26(27)23-20-17-15-18-21-24-30-32(28,29)31-25(2)3/h25H,4-24H2,1-3H3,(H,28,29). The molecule has 0 aliphatic carbocycles. The molecule has 0 saturated heterocycles. The van der Waals surface area contributed by atoms with Crippen molar-refractivity contribution >= 4 is 13.6 Å². The van der Waals surface area contributed by atoms with E-state index in [1.54, 1.807) is 13.8 Å². The Morgan fingerprint density at radius 1 is 0.688 bits per heavy atom. The normalized spacial score (nSPS) is 13.5. The van der Waals surface area contributed by atoms with Gasteiger partial charge in [-0.15, -0.1) is 0 Å². The quantitative estimate of drug-likeness (QED) is 0.105. The van der Waals surface area contributed by atoms with Crippen LogP contribution in [0, 0.1) is 0 Å². The number of hydrogen-bond acceptors (Lipinski definition) is 4. The highest BCUT2D eigenvalue weighted by molar-refractivity contribution is 7.47. The lowest BCUT2D eigenvalue weighted by Gasteiger charge is -2.14. The third kappa shape index (κ3) is 24.4. The van der Waals surface area contributed by atoms with Crippen LogP contribution in [0.3, 0.4) is 0 Å². The number of ketones is 1. The van der Waals surface area contributed by atoms with Gasteiger partial charge < -0.3 is 4.89 Å². The Labute approximate surface area is 199 Å². The molecule has 0 fully saturated rings. The van der Waals surface area contributed by atoms with Gasteiger partial charge in [-0.1, -0.05) is 103 Å². The van der Waals surface area contributed by atoms with Crippen molar-refractivity contribution in [3.63, 3.8) is 0 Å². The smallest absolute Gasteiger partial charge is 0.302 e. The van der Waals surface area contributed by atoms with Crippen LogP contribution in [-0.4, -0.2) is 23.4 Å². The maximum atomic E-state index is 12.0. The van der Waals surface area contributed by atoms with Gasteiger partial charge in [0.05, 0.1) is 12.7 Å². The number of rotatable bonds is 25. The van der Waals surface area contributed by atoms with Crippen molar-refractivity contribution in [3.05, 3.63) is 0 Å². The summed E-state index contributed by atoms with van der Waals surface area (Å²) in [6.07, 6.45) is 23.1. The first-order chi connectivity index (χ1) is 15.4. The van der Waals surface area contributed by atoms with E-state index in [0.29, 0.717) is 12.2 Å². The molecule has 0 aromatic rings. The summed E-state index contributed by atoms with van der Waals surface area (Å²) in [5, 5.41) is 0. The van der Waals surface area contributed by atoms with E-state index in [1.807, 2.05) is 0 Å². The summed E-state index contributed by atoms with van der Waals surface area (Å²) < 4.78 is 21.3. The Bertz CT molecular complexity index is 467. The molecule has 192 valence electrons. The number of carbonyl (C=O) groups is 1. The summed E-state index contributed by atoms with van der Waals surface area (Å²) in [5.74, 6) is 0.406. The average Bonchev–Trinajstić information content (AvgIpc) is 2.72. The minimum atomic E-state index is -3.90. The molecular weight excluding hydrogens is 423 g/mol. The third-order valence-corrected chi connectivity index (χ3v) is 6.95. The van der Waals surface area contributed by atoms with Crippen LogP contribution in [0.25, 0.3) is 0 Å². The van der Waals surface area contributed by atoms with E-state index in [4.69, 9.17) is 9.05 Å². The zero-order valence-electron chi connectivity index (χ0n) is 21.5. The number of Topliss-reactive ketones (excluding diaryl/α,β-unsaturated/α-hetero) is 1. The molecule has 0 rings (SSSR count). The first kappa shape index (κ1) is 31.8. The molecule has 32 heavy (non-hydrogen) atoms. The Kier molecular flexibility index (Phi) is 22.4. The first-order valence-corrected chi connectivity index (χ1v) is 15.0. The monoisotopic (exact) mass is 476 g/mol. The number of unbranched alkanes of at least 4 members (excludes halogenated alkanes) is 16. The molecule has 5 nitrogen and oxygen atoms in total. The highest BCUT2D eigenvalue weighted by atomic mass is 31.2. The number of hydrogen-bond donors (Lipinski definition) is 1. The second-order valence-electron chi connectivity index (χ2n) is 9.51. The number of phosphoric acid groups is 1. The van der Waals surface area contributed by atoms with Gasteiger partial charge in [-0.05, 0) is 33.1 Å². The first-order valence-electron chi connectivity index (χ1n) is 13.5. The van der Waals surface area contributed by atoms with Crippen LogP contribution in [0.1, 0.15) is 149 Å². The molecule has 0 radical (unpaired) electrons. The minimum absolute atomic E-state index is 0.235. The predicted molar refractivity (Wildman–Crippen MR) is 135 cm³/mol. The summed E-state index contributed by atoms with van der Waals surface area (Å²) in [7, 11) is -3.90.